The Morgan fingerprint density at radius 2 is 2.05 bits per heavy atom. The summed E-state index contributed by atoms with van der Waals surface area (Å²) in [6.45, 7) is 0.616. The molecule has 6 nitrogen and oxygen atoms in total. The van der Waals surface area contributed by atoms with Crippen molar-refractivity contribution in [2.75, 3.05) is 12.1 Å². The van der Waals surface area contributed by atoms with Crippen molar-refractivity contribution in [3.63, 3.8) is 0 Å². The summed E-state index contributed by atoms with van der Waals surface area (Å²) in [5.41, 5.74) is 0.921. The van der Waals surface area contributed by atoms with E-state index in [0.29, 0.717) is 22.8 Å². The molecule has 2 aromatic rings. The molecule has 1 aromatic carbocycles. The second kappa shape index (κ2) is 5.46. The smallest absolute Gasteiger partial charge is 0.321 e. The van der Waals surface area contributed by atoms with Gasteiger partial charge >= 0.3 is 6.03 Å². The highest BCUT2D eigenvalue weighted by Gasteiger charge is 2.13. The van der Waals surface area contributed by atoms with Crippen LogP contribution in [0.1, 0.15) is 5.56 Å². The Balaban J connectivity index is 1.55. The number of amides is 2. The van der Waals surface area contributed by atoms with Gasteiger partial charge in [0.1, 0.15) is 0 Å². The fourth-order valence-electron chi connectivity index (χ4n) is 1.77. The number of hydrogen-bond acceptors (Lipinski definition) is 4. The lowest BCUT2D eigenvalue weighted by atomic mass is 10.2. The summed E-state index contributed by atoms with van der Waals surface area (Å²) in [4.78, 5) is 11.7. The molecule has 0 saturated heterocycles. The molecule has 104 valence electrons. The number of carbonyl (C=O) groups excluding carboxylic acids is 1. The first kappa shape index (κ1) is 12.9. The number of anilines is 1. The van der Waals surface area contributed by atoms with Crippen molar-refractivity contribution in [1.82, 2.24) is 5.32 Å². The normalized spacial score (nSPS) is 12.2. The van der Waals surface area contributed by atoms with Crippen LogP contribution in [0.4, 0.5) is 10.7 Å². The van der Waals surface area contributed by atoms with Crippen LogP contribution in [0.5, 0.6) is 11.5 Å². The number of carbonyl (C=O) groups is 1. The first-order chi connectivity index (χ1) is 9.70. The number of fused-ring (bicyclic) bond motifs is 1. The molecular formula is C13H11BrN2O4. The van der Waals surface area contributed by atoms with Crippen molar-refractivity contribution in [3.8, 4) is 11.5 Å². The molecule has 1 aromatic heterocycles. The molecule has 0 bridgehead atoms. The van der Waals surface area contributed by atoms with Crippen LogP contribution in [0, 0.1) is 0 Å². The Morgan fingerprint density at radius 1 is 1.20 bits per heavy atom. The Bertz CT molecular complexity index is 641. The van der Waals surface area contributed by atoms with Gasteiger partial charge in [-0.15, -0.1) is 0 Å². The average molecular weight is 339 g/mol. The first-order valence-electron chi connectivity index (χ1n) is 5.89. The molecule has 2 amide bonds. The van der Waals surface area contributed by atoms with Gasteiger partial charge in [0.25, 0.3) is 0 Å². The number of ether oxygens (including phenoxy) is 2. The van der Waals surface area contributed by atoms with Crippen LogP contribution in [-0.2, 0) is 6.54 Å². The van der Waals surface area contributed by atoms with E-state index < -0.39 is 0 Å². The van der Waals surface area contributed by atoms with E-state index in [0.717, 1.165) is 11.3 Å². The summed E-state index contributed by atoms with van der Waals surface area (Å²) >= 11 is 3.16. The summed E-state index contributed by atoms with van der Waals surface area (Å²) < 4.78 is 16.2. The van der Waals surface area contributed by atoms with Crippen molar-refractivity contribution in [1.29, 1.82) is 0 Å². The summed E-state index contributed by atoms with van der Waals surface area (Å²) in [6.07, 6.45) is 0. The highest BCUT2D eigenvalue weighted by Crippen LogP contribution is 2.32. The lowest BCUT2D eigenvalue weighted by Gasteiger charge is -2.06. The lowest BCUT2D eigenvalue weighted by molar-refractivity contribution is 0.174. The van der Waals surface area contributed by atoms with Crippen molar-refractivity contribution in [2.24, 2.45) is 0 Å². The monoisotopic (exact) mass is 338 g/mol. The highest BCUT2D eigenvalue weighted by atomic mass is 79.9. The molecule has 0 fully saturated rings. The zero-order chi connectivity index (χ0) is 13.9. The zero-order valence-corrected chi connectivity index (χ0v) is 11.9. The molecule has 0 atom stereocenters. The Labute approximate surface area is 123 Å². The van der Waals surface area contributed by atoms with E-state index in [2.05, 4.69) is 26.6 Å². The number of benzene rings is 1. The first-order valence-corrected chi connectivity index (χ1v) is 6.69. The highest BCUT2D eigenvalue weighted by molar-refractivity contribution is 9.10. The molecule has 0 radical (unpaired) electrons. The fourth-order valence-corrected chi connectivity index (χ4v) is 2.08. The van der Waals surface area contributed by atoms with Crippen LogP contribution in [0.15, 0.2) is 39.4 Å². The maximum Gasteiger partial charge on any atom is 0.321 e. The molecule has 2 heterocycles. The topological polar surface area (TPSA) is 72.7 Å². The Kier molecular flexibility index (Phi) is 3.51. The van der Waals surface area contributed by atoms with Gasteiger partial charge in [-0.25, -0.2) is 4.79 Å². The van der Waals surface area contributed by atoms with E-state index in [-0.39, 0.29) is 12.8 Å². The minimum absolute atomic E-state index is 0.236. The maximum atomic E-state index is 11.7. The Hall–Kier alpha value is -2.15. The summed E-state index contributed by atoms with van der Waals surface area (Å²) in [6, 6.07) is 8.55. The third-order valence-electron chi connectivity index (χ3n) is 2.70. The van der Waals surface area contributed by atoms with E-state index in [1.54, 1.807) is 12.1 Å². The van der Waals surface area contributed by atoms with Gasteiger partial charge in [0.2, 0.25) is 12.7 Å². The molecule has 0 spiro atoms. The third-order valence-corrected chi connectivity index (χ3v) is 3.13. The van der Waals surface area contributed by atoms with Gasteiger partial charge in [0.05, 0.1) is 0 Å². The quantitative estimate of drug-likeness (QED) is 0.901. The molecule has 0 unspecified atom stereocenters. The molecule has 2 N–H and O–H groups in total. The SMILES string of the molecule is O=C(NCc1ccc2c(c1)OCO2)Nc1ccc(Br)o1. The van der Waals surface area contributed by atoms with E-state index >= 15 is 0 Å². The van der Waals surface area contributed by atoms with Gasteiger partial charge in [-0.1, -0.05) is 6.07 Å². The number of furan rings is 1. The molecule has 1 aliphatic rings. The summed E-state index contributed by atoms with van der Waals surface area (Å²) in [5, 5.41) is 5.31. The van der Waals surface area contributed by atoms with Gasteiger partial charge in [-0.05, 0) is 39.7 Å². The number of rotatable bonds is 3. The van der Waals surface area contributed by atoms with Crippen LogP contribution in [-0.4, -0.2) is 12.8 Å². The molecular weight excluding hydrogens is 328 g/mol. The minimum atomic E-state index is -0.343. The number of hydrogen-bond donors (Lipinski definition) is 2. The van der Waals surface area contributed by atoms with E-state index in [1.807, 2.05) is 18.2 Å². The predicted octanol–water partition coefficient (Wildman–Crippen LogP) is 3.09. The van der Waals surface area contributed by atoms with Crippen molar-refractivity contribution < 1.29 is 18.7 Å². The van der Waals surface area contributed by atoms with E-state index in [4.69, 9.17) is 13.9 Å². The summed E-state index contributed by atoms with van der Waals surface area (Å²) in [5.74, 6) is 1.79. The van der Waals surface area contributed by atoms with E-state index in [1.165, 1.54) is 0 Å². The lowest BCUT2D eigenvalue weighted by Crippen LogP contribution is -2.27. The summed E-state index contributed by atoms with van der Waals surface area (Å²) in [7, 11) is 0. The zero-order valence-electron chi connectivity index (χ0n) is 10.3. The van der Waals surface area contributed by atoms with Crippen molar-refractivity contribution in [2.45, 2.75) is 6.54 Å². The molecule has 1 aliphatic heterocycles. The minimum Gasteiger partial charge on any atom is -0.454 e. The predicted molar refractivity (Wildman–Crippen MR) is 74.8 cm³/mol. The van der Waals surface area contributed by atoms with Crippen LogP contribution < -0.4 is 20.1 Å². The second-order valence-electron chi connectivity index (χ2n) is 4.10. The second-order valence-corrected chi connectivity index (χ2v) is 4.88. The fraction of sp³-hybridized carbons (Fsp3) is 0.154. The molecule has 3 rings (SSSR count). The van der Waals surface area contributed by atoms with Gasteiger partial charge < -0.3 is 19.2 Å². The number of halogens is 1. The number of urea groups is 1. The average Bonchev–Trinajstić information content (AvgIpc) is 3.04. The van der Waals surface area contributed by atoms with Crippen molar-refractivity contribution in [3.05, 3.63) is 40.6 Å². The van der Waals surface area contributed by atoms with E-state index in [9.17, 15) is 4.79 Å². The molecule has 0 saturated carbocycles. The molecule has 20 heavy (non-hydrogen) atoms. The van der Waals surface area contributed by atoms with Crippen LogP contribution in [0.3, 0.4) is 0 Å². The van der Waals surface area contributed by atoms with Crippen LogP contribution >= 0.6 is 15.9 Å². The third kappa shape index (κ3) is 2.88. The molecule has 0 aliphatic carbocycles. The maximum absolute atomic E-state index is 11.7. The number of nitrogens with one attached hydrogen (secondary N) is 2. The van der Waals surface area contributed by atoms with Gasteiger partial charge in [-0.3, -0.25) is 5.32 Å². The van der Waals surface area contributed by atoms with Gasteiger partial charge in [0, 0.05) is 12.6 Å². The van der Waals surface area contributed by atoms with Crippen molar-refractivity contribution >= 4 is 27.8 Å². The van der Waals surface area contributed by atoms with Crippen LogP contribution in [0.25, 0.3) is 0 Å². The standard InChI is InChI=1S/C13H11BrN2O4/c14-11-3-4-12(20-11)16-13(17)15-6-8-1-2-9-10(5-8)19-7-18-9/h1-5H,6-7H2,(H2,15,16,17). The van der Waals surface area contributed by atoms with Gasteiger partial charge in [0.15, 0.2) is 16.2 Å². The Morgan fingerprint density at radius 3 is 2.85 bits per heavy atom. The molecule has 7 heteroatoms. The largest absolute Gasteiger partial charge is 0.454 e. The van der Waals surface area contributed by atoms with Gasteiger partial charge in [-0.2, -0.15) is 0 Å². The van der Waals surface area contributed by atoms with Crippen LogP contribution in [0.2, 0.25) is 0 Å².